The molecule has 1 fully saturated rings. The number of aliphatic hydroxyl groups is 1. The smallest absolute Gasteiger partial charge is 0.145 e. The van der Waals surface area contributed by atoms with Gasteiger partial charge in [-0.25, -0.2) is 0 Å². The predicted molar refractivity (Wildman–Crippen MR) is 145 cm³/mol. The van der Waals surface area contributed by atoms with Crippen LogP contribution in [0.15, 0.2) is 97.1 Å². The minimum absolute atomic E-state index is 0.161. The van der Waals surface area contributed by atoms with Gasteiger partial charge in [-0.2, -0.15) is 0 Å². The number of ether oxygens (including phenoxy) is 4. The molecule has 0 spiro atoms. The second kappa shape index (κ2) is 12.0. The normalized spacial score (nSPS) is 14.0. The summed E-state index contributed by atoms with van der Waals surface area (Å²) in [6, 6.07) is 32.5. The number of rotatable bonds is 11. The summed E-state index contributed by atoms with van der Waals surface area (Å²) in [6.07, 6.45) is 0.273. The lowest BCUT2D eigenvalue weighted by molar-refractivity contribution is -0.0796. The highest BCUT2D eigenvalue weighted by Gasteiger charge is 2.19. The highest BCUT2D eigenvalue weighted by Crippen LogP contribution is 2.23. The Morgan fingerprint density at radius 1 is 0.676 bits per heavy atom. The average Bonchev–Trinajstić information content (AvgIpc) is 2.91. The van der Waals surface area contributed by atoms with Gasteiger partial charge >= 0.3 is 0 Å². The van der Waals surface area contributed by atoms with Crippen molar-refractivity contribution in [3.63, 3.8) is 0 Å². The van der Waals surface area contributed by atoms with Crippen LogP contribution < -0.4 is 14.2 Å². The molecule has 1 unspecified atom stereocenters. The van der Waals surface area contributed by atoms with Crippen molar-refractivity contribution in [2.24, 2.45) is 0 Å². The third-order valence-electron chi connectivity index (χ3n) is 6.29. The van der Waals surface area contributed by atoms with Gasteiger partial charge in [0.2, 0.25) is 0 Å². The monoisotopic (exact) mass is 496 g/mol. The molecule has 1 heterocycles. The minimum Gasteiger partial charge on any atom is -0.491 e. The van der Waals surface area contributed by atoms with Gasteiger partial charge in [0.15, 0.2) is 0 Å². The summed E-state index contributed by atoms with van der Waals surface area (Å²) in [7, 11) is 0. The molecular formula is C32H32O5. The van der Waals surface area contributed by atoms with E-state index < -0.39 is 6.10 Å². The Labute approximate surface area is 218 Å². The fourth-order valence-electron chi connectivity index (χ4n) is 4.02. The summed E-state index contributed by atoms with van der Waals surface area (Å²) in [4.78, 5) is 0. The Bertz CT molecular complexity index is 1240. The highest BCUT2D eigenvalue weighted by molar-refractivity contribution is 5.64. The van der Waals surface area contributed by atoms with Crippen LogP contribution in [0.1, 0.15) is 16.7 Å². The first-order valence-corrected chi connectivity index (χ1v) is 12.6. The fraction of sp³-hybridized carbons (Fsp3) is 0.250. The maximum atomic E-state index is 10.3. The SMILES string of the molecule is Cc1ccc(-c2ccc(OCC(O)COc3ccc(Cc4ccc(OC5COC5)cc4)cc3)cc2)cc1. The number of aliphatic hydroxyl groups excluding tert-OH is 1. The molecule has 1 saturated heterocycles. The van der Waals surface area contributed by atoms with Crippen molar-refractivity contribution >= 4 is 0 Å². The Hall–Kier alpha value is -3.80. The lowest BCUT2D eigenvalue weighted by Gasteiger charge is -2.26. The Balaban J connectivity index is 1.04. The Morgan fingerprint density at radius 2 is 1.14 bits per heavy atom. The number of hydrogen-bond donors (Lipinski definition) is 1. The summed E-state index contributed by atoms with van der Waals surface area (Å²) in [6.45, 7) is 3.74. The van der Waals surface area contributed by atoms with E-state index >= 15 is 0 Å². The Kier molecular flexibility index (Phi) is 8.04. The van der Waals surface area contributed by atoms with Gasteiger partial charge in [-0.05, 0) is 72.0 Å². The van der Waals surface area contributed by atoms with Crippen molar-refractivity contribution in [2.75, 3.05) is 26.4 Å². The summed E-state index contributed by atoms with van der Waals surface area (Å²) >= 11 is 0. The number of hydrogen-bond acceptors (Lipinski definition) is 5. The molecule has 0 amide bonds. The van der Waals surface area contributed by atoms with Crippen LogP contribution in [0, 0.1) is 6.92 Å². The molecule has 0 aromatic heterocycles. The standard InChI is InChI=1S/C32H32O5/c1-23-2-8-26(9-3-23)27-10-16-30(17-11-27)36-20-28(33)19-35-29-12-4-24(5-13-29)18-25-6-14-31(15-7-25)37-32-21-34-22-32/h2-17,28,32-33H,18-22H2,1H3. The first kappa shape index (κ1) is 24.9. The van der Waals surface area contributed by atoms with E-state index in [2.05, 4.69) is 43.3 Å². The van der Waals surface area contributed by atoms with Crippen molar-refractivity contribution in [1.29, 1.82) is 0 Å². The molecule has 5 rings (SSSR count). The first-order chi connectivity index (χ1) is 18.1. The summed E-state index contributed by atoms with van der Waals surface area (Å²) in [5, 5.41) is 10.3. The summed E-state index contributed by atoms with van der Waals surface area (Å²) < 4.78 is 22.5. The first-order valence-electron chi connectivity index (χ1n) is 12.6. The molecule has 1 atom stereocenters. The van der Waals surface area contributed by atoms with Gasteiger partial charge in [0.1, 0.15) is 42.7 Å². The molecule has 0 saturated carbocycles. The molecule has 0 radical (unpaired) electrons. The molecule has 5 nitrogen and oxygen atoms in total. The number of aryl methyl sites for hydroxylation is 1. The van der Waals surface area contributed by atoms with Gasteiger partial charge in [0.25, 0.3) is 0 Å². The summed E-state index contributed by atoms with van der Waals surface area (Å²) in [5.41, 5.74) is 5.93. The molecule has 1 N–H and O–H groups in total. The Morgan fingerprint density at radius 3 is 1.62 bits per heavy atom. The molecule has 1 aliphatic heterocycles. The van der Waals surface area contributed by atoms with Crippen molar-refractivity contribution in [3.05, 3.63) is 114 Å². The third-order valence-corrected chi connectivity index (χ3v) is 6.29. The van der Waals surface area contributed by atoms with E-state index in [9.17, 15) is 5.11 Å². The lowest BCUT2D eigenvalue weighted by atomic mass is 10.0. The van der Waals surface area contributed by atoms with Crippen LogP contribution >= 0.6 is 0 Å². The van der Waals surface area contributed by atoms with E-state index in [0.717, 1.165) is 29.2 Å². The van der Waals surface area contributed by atoms with E-state index in [-0.39, 0.29) is 19.3 Å². The molecule has 0 bridgehead atoms. The summed E-state index contributed by atoms with van der Waals surface area (Å²) in [5.74, 6) is 2.32. The average molecular weight is 497 g/mol. The molecule has 5 heteroatoms. The fourth-order valence-corrected chi connectivity index (χ4v) is 4.02. The van der Waals surface area contributed by atoms with Crippen LogP contribution in [0.25, 0.3) is 11.1 Å². The van der Waals surface area contributed by atoms with Crippen LogP contribution in [-0.2, 0) is 11.2 Å². The van der Waals surface area contributed by atoms with E-state index in [1.165, 1.54) is 22.3 Å². The van der Waals surface area contributed by atoms with Gasteiger partial charge in [-0.1, -0.05) is 66.2 Å². The molecule has 37 heavy (non-hydrogen) atoms. The highest BCUT2D eigenvalue weighted by atomic mass is 16.6. The number of benzene rings is 4. The predicted octanol–water partition coefficient (Wildman–Crippen LogP) is 5.85. The van der Waals surface area contributed by atoms with Gasteiger partial charge in [-0.15, -0.1) is 0 Å². The van der Waals surface area contributed by atoms with E-state index in [0.29, 0.717) is 13.2 Å². The van der Waals surface area contributed by atoms with Crippen molar-refractivity contribution in [2.45, 2.75) is 25.6 Å². The molecular weight excluding hydrogens is 464 g/mol. The molecule has 4 aromatic carbocycles. The zero-order chi connectivity index (χ0) is 25.5. The van der Waals surface area contributed by atoms with Gasteiger partial charge < -0.3 is 24.1 Å². The lowest BCUT2D eigenvalue weighted by Crippen LogP contribution is -2.38. The van der Waals surface area contributed by atoms with Gasteiger partial charge in [0.05, 0.1) is 13.2 Å². The van der Waals surface area contributed by atoms with Crippen molar-refractivity contribution < 1.29 is 24.1 Å². The van der Waals surface area contributed by atoms with Crippen LogP contribution in [0.4, 0.5) is 0 Å². The largest absolute Gasteiger partial charge is 0.491 e. The second-order valence-electron chi connectivity index (χ2n) is 9.41. The van der Waals surface area contributed by atoms with E-state index in [1.807, 2.05) is 60.7 Å². The van der Waals surface area contributed by atoms with Crippen LogP contribution in [0.3, 0.4) is 0 Å². The minimum atomic E-state index is -0.733. The van der Waals surface area contributed by atoms with Crippen molar-refractivity contribution in [1.82, 2.24) is 0 Å². The molecule has 190 valence electrons. The molecule has 4 aromatic rings. The van der Waals surface area contributed by atoms with Crippen LogP contribution in [0.2, 0.25) is 0 Å². The quantitative estimate of drug-likeness (QED) is 0.282. The zero-order valence-electron chi connectivity index (χ0n) is 21.0. The maximum Gasteiger partial charge on any atom is 0.145 e. The zero-order valence-corrected chi connectivity index (χ0v) is 21.0. The van der Waals surface area contributed by atoms with Crippen LogP contribution in [0.5, 0.6) is 17.2 Å². The van der Waals surface area contributed by atoms with E-state index in [1.54, 1.807) is 0 Å². The van der Waals surface area contributed by atoms with Gasteiger partial charge in [-0.3, -0.25) is 0 Å². The third kappa shape index (κ3) is 7.13. The molecule has 1 aliphatic rings. The van der Waals surface area contributed by atoms with Crippen LogP contribution in [-0.4, -0.2) is 43.7 Å². The van der Waals surface area contributed by atoms with E-state index in [4.69, 9.17) is 18.9 Å². The van der Waals surface area contributed by atoms with Crippen molar-refractivity contribution in [3.8, 4) is 28.4 Å². The second-order valence-corrected chi connectivity index (χ2v) is 9.41. The topological polar surface area (TPSA) is 57.2 Å². The van der Waals surface area contributed by atoms with Gasteiger partial charge in [0, 0.05) is 0 Å². The molecule has 0 aliphatic carbocycles. The maximum absolute atomic E-state index is 10.3.